The van der Waals surface area contributed by atoms with Gasteiger partial charge in [-0.25, -0.2) is 9.97 Å². The average molecular weight is 324 g/mol. The van der Waals surface area contributed by atoms with Crippen molar-refractivity contribution in [3.63, 3.8) is 0 Å². The Morgan fingerprint density at radius 3 is 2.74 bits per heavy atom. The molecule has 0 saturated carbocycles. The standard InChI is InChI=1S/C17H14ClN5/c18-17-21-7-6-16(23-17)22-15-3-1-2-12(9-15)4-5-13-8-14(19)11-20-10-13/h1-11H,19H2,(H,21,22,23)/b5-4+. The number of pyridine rings is 1. The van der Waals surface area contributed by atoms with Crippen LogP contribution in [-0.2, 0) is 0 Å². The summed E-state index contributed by atoms with van der Waals surface area (Å²) in [4.78, 5) is 12.0. The number of benzene rings is 1. The number of nitrogen functional groups attached to an aromatic ring is 1. The van der Waals surface area contributed by atoms with Crippen LogP contribution in [0.1, 0.15) is 11.1 Å². The lowest BCUT2D eigenvalue weighted by Gasteiger charge is -2.06. The van der Waals surface area contributed by atoms with E-state index in [1.54, 1.807) is 24.7 Å². The molecule has 3 rings (SSSR count). The van der Waals surface area contributed by atoms with Gasteiger partial charge in [0.15, 0.2) is 0 Å². The highest BCUT2D eigenvalue weighted by Gasteiger charge is 1.98. The first kappa shape index (κ1) is 15.0. The Morgan fingerprint density at radius 2 is 1.91 bits per heavy atom. The molecule has 0 aliphatic heterocycles. The third-order valence-electron chi connectivity index (χ3n) is 3.03. The van der Waals surface area contributed by atoms with Crippen LogP contribution in [0, 0.1) is 0 Å². The minimum atomic E-state index is 0.209. The summed E-state index contributed by atoms with van der Waals surface area (Å²) in [6.07, 6.45) is 8.94. The smallest absolute Gasteiger partial charge is 0.224 e. The molecule has 0 radical (unpaired) electrons. The number of nitrogens with two attached hydrogens (primary N) is 1. The van der Waals surface area contributed by atoms with Gasteiger partial charge in [-0.15, -0.1) is 0 Å². The maximum atomic E-state index is 5.78. The molecular weight excluding hydrogens is 310 g/mol. The number of nitrogens with zero attached hydrogens (tertiary/aromatic N) is 3. The van der Waals surface area contributed by atoms with Crippen molar-refractivity contribution in [1.82, 2.24) is 15.0 Å². The molecule has 0 aliphatic rings. The fourth-order valence-corrected chi connectivity index (χ4v) is 2.18. The Labute approximate surface area is 138 Å². The lowest BCUT2D eigenvalue weighted by atomic mass is 10.1. The van der Waals surface area contributed by atoms with E-state index >= 15 is 0 Å². The summed E-state index contributed by atoms with van der Waals surface area (Å²) >= 11 is 5.78. The van der Waals surface area contributed by atoms with Crippen molar-refractivity contribution in [3.05, 3.63) is 71.4 Å². The van der Waals surface area contributed by atoms with Crippen molar-refractivity contribution < 1.29 is 0 Å². The Kier molecular flexibility index (Phi) is 4.49. The van der Waals surface area contributed by atoms with Crippen LogP contribution in [0.4, 0.5) is 17.2 Å². The lowest BCUT2D eigenvalue weighted by Crippen LogP contribution is -1.94. The SMILES string of the molecule is Nc1cncc(/C=C/c2cccc(Nc3ccnc(Cl)n3)c2)c1. The molecule has 2 aromatic heterocycles. The van der Waals surface area contributed by atoms with Crippen molar-refractivity contribution in [3.8, 4) is 0 Å². The van der Waals surface area contributed by atoms with Gasteiger partial charge in [0.2, 0.25) is 5.28 Å². The van der Waals surface area contributed by atoms with Gasteiger partial charge in [0.05, 0.1) is 5.69 Å². The van der Waals surface area contributed by atoms with E-state index in [1.165, 1.54) is 0 Å². The molecule has 2 heterocycles. The van der Waals surface area contributed by atoms with Crippen LogP contribution in [0.15, 0.2) is 55.0 Å². The van der Waals surface area contributed by atoms with Crippen LogP contribution in [-0.4, -0.2) is 15.0 Å². The lowest BCUT2D eigenvalue weighted by molar-refractivity contribution is 1.17. The Hall–Kier alpha value is -2.92. The molecule has 0 saturated heterocycles. The summed E-state index contributed by atoms with van der Waals surface area (Å²) in [5.74, 6) is 0.645. The predicted molar refractivity (Wildman–Crippen MR) is 94.3 cm³/mol. The number of rotatable bonds is 4. The van der Waals surface area contributed by atoms with Crippen molar-refractivity contribution in [2.24, 2.45) is 0 Å². The number of aromatic nitrogens is 3. The largest absolute Gasteiger partial charge is 0.397 e. The van der Waals surface area contributed by atoms with E-state index in [9.17, 15) is 0 Å². The van der Waals surface area contributed by atoms with Crippen LogP contribution < -0.4 is 11.1 Å². The van der Waals surface area contributed by atoms with Gasteiger partial charge in [-0.2, -0.15) is 0 Å². The predicted octanol–water partition coefficient (Wildman–Crippen LogP) is 4.02. The van der Waals surface area contributed by atoms with Crippen LogP contribution in [0.3, 0.4) is 0 Å². The molecular formula is C17H14ClN5. The molecule has 23 heavy (non-hydrogen) atoms. The van der Waals surface area contributed by atoms with Crippen molar-refractivity contribution in [2.75, 3.05) is 11.1 Å². The molecule has 0 bridgehead atoms. The van der Waals surface area contributed by atoms with E-state index < -0.39 is 0 Å². The highest BCUT2D eigenvalue weighted by Crippen LogP contribution is 2.18. The summed E-state index contributed by atoms with van der Waals surface area (Å²) in [6, 6.07) is 11.6. The Morgan fingerprint density at radius 1 is 1.04 bits per heavy atom. The van der Waals surface area contributed by atoms with Crippen LogP contribution in [0.2, 0.25) is 5.28 Å². The van der Waals surface area contributed by atoms with Gasteiger partial charge >= 0.3 is 0 Å². The Bertz CT molecular complexity index is 848. The second kappa shape index (κ2) is 6.89. The second-order valence-corrected chi connectivity index (χ2v) is 5.18. The molecule has 0 fully saturated rings. The molecule has 0 unspecified atom stereocenters. The molecule has 6 heteroatoms. The van der Waals surface area contributed by atoms with E-state index in [0.29, 0.717) is 11.5 Å². The zero-order chi connectivity index (χ0) is 16.1. The zero-order valence-corrected chi connectivity index (χ0v) is 12.9. The van der Waals surface area contributed by atoms with Crippen molar-refractivity contribution >= 4 is 40.9 Å². The highest BCUT2D eigenvalue weighted by molar-refractivity contribution is 6.28. The first-order chi connectivity index (χ1) is 11.2. The number of hydrogen-bond donors (Lipinski definition) is 2. The molecule has 3 N–H and O–H groups in total. The van der Waals surface area contributed by atoms with Crippen LogP contribution in [0.25, 0.3) is 12.2 Å². The van der Waals surface area contributed by atoms with Gasteiger partial charge in [0.25, 0.3) is 0 Å². The minimum Gasteiger partial charge on any atom is -0.397 e. The maximum absolute atomic E-state index is 5.78. The first-order valence-corrected chi connectivity index (χ1v) is 7.31. The normalized spacial score (nSPS) is 10.8. The van der Waals surface area contributed by atoms with E-state index in [4.69, 9.17) is 17.3 Å². The van der Waals surface area contributed by atoms with E-state index in [1.807, 2.05) is 42.5 Å². The molecule has 0 atom stereocenters. The van der Waals surface area contributed by atoms with Crippen molar-refractivity contribution in [1.29, 1.82) is 0 Å². The molecule has 0 amide bonds. The zero-order valence-electron chi connectivity index (χ0n) is 12.1. The monoisotopic (exact) mass is 323 g/mol. The van der Waals surface area contributed by atoms with Crippen LogP contribution >= 0.6 is 11.6 Å². The van der Waals surface area contributed by atoms with Gasteiger partial charge in [-0.05, 0) is 47.0 Å². The van der Waals surface area contributed by atoms with E-state index in [-0.39, 0.29) is 5.28 Å². The van der Waals surface area contributed by atoms with Gasteiger partial charge in [-0.3, -0.25) is 4.98 Å². The highest BCUT2D eigenvalue weighted by atomic mass is 35.5. The van der Waals surface area contributed by atoms with Gasteiger partial charge in [-0.1, -0.05) is 24.3 Å². The minimum absolute atomic E-state index is 0.209. The van der Waals surface area contributed by atoms with Crippen LogP contribution in [0.5, 0.6) is 0 Å². The molecule has 1 aromatic carbocycles. The molecule has 0 spiro atoms. The number of nitrogens with one attached hydrogen (secondary N) is 1. The summed E-state index contributed by atoms with van der Waals surface area (Å²) < 4.78 is 0. The summed E-state index contributed by atoms with van der Waals surface area (Å²) in [5.41, 5.74) is 9.26. The maximum Gasteiger partial charge on any atom is 0.224 e. The topological polar surface area (TPSA) is 76.7 Å². The molecule has 0 aliphatic carbocycles. The third-order valence-corrected chi connectivity index (χ3v) is 3.22. The van der Waals surface area contributed by atoms with Gasteiger partial charge < -0.3 is 11.1 Å². The Balaban J connectivity index is 1.77. The number of hydrogen-bond acceptors (Lipinski definition) is 5. The first-order valence-electron chi connectivity index (χ1n) is 6.93. The second-order valence-electron chi connectivity index (χ2n) is 4.85. The average Bonchev–Trinajstić information content (AvgIpc) is 2.53. The number of halogens is 1. The fourth-order valence-electron chi connectivity index (χ4n) is 2.03. The summed E-state index contributed by atoms with van der Waals surface area (Å²) in [7, 11) is 0. The number of anilines is 3. The van der Waals surface area contributed by atoms with Gasteiger partial charge in [0, 0.05) is 24.3 Å². The third kappa shape index (κ3) is 4.28. The summed E-state index contributed by atoms with van der Waals surface area (Å²) in [5, 5.41) is 3.40. The van der Waals surface area contributed by atoms with Gasteiger partial charge in [0.1, 0.15) is 5.82 Å². The fraction of sp³-hybridized carbons (Fsp3) is 0. The molecule has 3 aromatic rings. The molecule has 114 valence electrons. The molecule has 5 nitrogen and oxygen atoms in total. The van der Waals surface area contributed by atoms with Crippen molar-refractivity contribution in [2.45, 2.75) is 0 Å². The van der Waals surface area contributed by atoms with E-state index in [2.05, 4.69) is 20.3 Å². The quantitative estimate of drug-likeness (QED) is 0.709. The summed E-state index contributed by atoms with van der Waals surface area (Å²) in [6.45, 7) is 0. The van der Waals surface area contributed by atoms with E-state index in [0.717, 1.165) is 16.8 Å².